The number of benzene rings is 2. The quantitative estimate of drug-likeness (QED) is 0.700. The highest BCUT2D eigenvalue weighted by Gasteiger charge is 2.12. The molecule has 0 spiro atoms. The molecule has 0 bridgehead atoms. The van der Waals surface area contributed by atoms with E-state index in [1.807, 2.05) is 49.4 Å². The summed E-state index contributed by atoms with van der Waals surface area (Å²) >= 11 is 0. The highest BCUT2D eigenvalue weighted by molar-refractivity contribution is 6.00. The van der Waals surface area contributed by atoms with Crippen LogP contribution in [0, 0.1) is 0 Å². The zero-order chi connectivity index (χ0) is 16.2. The average molecular weight is 382 g/mol. The maximum Gasteiger partial charge on any atom is 0.156 e. The molecule has 7 heteroatoms. The minimum absolute atomic E-state index is 0. The third-order valence-corrected chi connectivity index (χ3v) is 3.69. The zero-order valence-corrected chi connectivity index (χ0v) is 15.9. The van der Waals surface area contributed by atoms with Gasteiger partial charge in [-0.25, -0.2) is 0 Å². The molecule has 5 nitrogen and oxygen atoms in total. The summed E-state index contributed by atoms with van der Waals surface area (Å²) in [5.41, 5.74) is 1.84. The molecule has 0 unspecified atom stereocenters. The van der Waals surface area contributed by atoms with Crippen LogP contribution in [0.3, 0.4) is 0 Å². The normalized spacial score (nSPS) is 9.72. The maximum absolute atomic E-state index is 5.34. The van der Waals surface area contributed by atoms with E-state index in [4.69, 9.17) is 9.47 Å². The van der Waals surface area contributed by atoms with Crippen LogP contribution in [0.25, 0.3) is 22.0 Å². The van der Waals surface area contributed by atoms with Gasteiger partial charge in [0.05, 0.1) is 14.2 Å². The summed E-state index contributed by atoms with van der Waals surface area (Å²) < 4.78 is 10.6. The fourth-order valence-corrected chi connectivity index (χ4v) is 2.52. The van der Waals surface area contributed by atoms with Gasteiger partial charge in [0.1, 0.15) is 17.2 Å². The summed E-state index contributed by atoms with van der Waals surface area (Å²) in [6.07, 6.45) is 0. The largest absolute Gasteiger partial charge is 0.497 e. The van der Waals surface area contributed by atoms with E-state index < -0.39 is 0 Å². The Balaban J connectivity index is 0.00000156. The van der Waals surface area contributed by atoms with Crippen LogP contribution >= 0.6 is 24.8 Å². The van der Waals surface area contributed by atoms with E-state index in [1.54, 1.807) is 14.2 Å². The van der Waals surface area contributed by atoms with Crippen molar-refractivity contribution in [1.29, 1.82) is 0 Å². The summed E-state index contributed by atoms with van der Waals surface area (Å²) in [5, 5.41) is 14.0. The Bertz CT molecular complexity index is 826. The summed E-state index contributed by atoms with van der Waals surface area (Å²) in [6.45, 7) is 2.81. The Labute approximate surface area is 159 Å². The molecule has 0 radical (unpaired) electrons. The van der Waals surface area contributed by atoms with Crippen molar-refractivity contribution in [2.45, 2.75) is 6.92 Å². The van der Waals surface area contributed by atoms with E-state index >= 15 is 0 Å². The first-order chi connectivity index (χ1) is 11.3. The molecule has 0 saturated heterocycles. The van der Waals surface area contributed by atoms with Crippen molar-refractivity contribution in [3.8, 4) is 22.8 Å². The molecular weight excluding hydrogens is 361 g/mol. The number of hydrogen-bond acceptors (Lipinski definition) is 5. The van der Waals surface area contributed by atoms with E-state index in [9.17, 15) is 0 Å². The van der Waals surface area contributed by atoms with Crippen molar-refractivity contribution in [2.24, 2.45) is 0 Å². The molecule has 0 aliphatic heterocycles. The molecule has 0 saturated carbocycles. The number of methoxy groups -OCH3 is 2. The summed E-state index contributed by atoms with van der Waals surface area (Å²) in [4.78, 5) is 0. The molecule has 3 aromatic rings. The summed E-state index contributed by atoms with van der Waals surface area (Å²) in [5.74, 6) is 2.38. The smallest absolute Gasteiger partial charge is 0.156 e. The number of nitrogens with one attached hydrogen (secondary N) is 1. The Morgan fingerprint density at radius 1 is 0.840 bits per heavy atom. The first-order valence-electron chi connectivity index (χ1n) is 7.49. The number of halogens is 2. The second kappa shape index (κ2) is 9.30. The number of rotatable bonds is 5. The fourth-order valence-electron chi connectivity index (χ4n) is 2.52. The molecule has 25 heavy (non-hydrogen) atoms. The molecular formula is C18H21Cl2N3O2. The van der Waals surface area contributed by atoms with E-state index in [0.29, 0.717) is 0 Å². The van der Waals surface area contributed by atoms with Gasteiger partial charge >= 0.3 is 0 Å². The van der Waals surface area contributed by atoms with Gasteiger partial charge in [-0.2, -0.15) is 0 Å². The Kier molecular flexibility index (Phi) is 7.74. The van der Waals surface area contributed by atoms with Crippen molar-refractivity contribution in [2.75, 3.05) is 26.1 Å². The third kappa shape index (κ3) is 4.24. The zero-order valence-electron chi connectivity index (χ0n) is 14.3. The molecule has 3 rings (SSSR count). The molecule has 2 aromatic carbocycles. The predicted molar refractivity (Wildman–Crippen MR) is 107 cm³/mol. The molecule has 0 aliphatic carbocycles. The van der Waals surface area contributed by atoms with Crippen molar-refractivity contribution in [1.82, 2.24) is 10.2 Å². The lowest BCUT2D eigenvalue weighted by Gasteiger charge is -2.11. The summed E-state index contributed by atoms with van der Waals surface area (Å²) in [7, 11) is 3.31. The van der Waals surface area contributed by atoms with Crippen LogP contribution in [-0.2, 0) is 0 Å². The second-order valence-corrected chi connectivity index (χ2v) is 5.07. The lowest BCUT2D eigenvalue weighted by atomic mass is 10.0. The second-order valence-electron chi connectivity index (χ2n) is 5.07. The molecule has 1 heterocycles. The lowest BCUT2D eigenvalue weighted by Crippen LogP contribution is -2.03. The Morgan fingerprint density at radius 2 is 1.48 bits per heavy atom. The van der Waals surface area contributed by atoms with Crippen molar-refractivity contribution < 1.29 is 9.47 Å². The van der Waals surface area contributed by atoms with Crippen molar-refractivity contribution >= 4 is 41.4 Å². The van der Waals surface area contributed by atoms with Crippen LogP contribution in [0.2, 0.25) is 0 Å². The van der Waals surface area contributed by atoms with Gasteiger partial charge in [0.25, 0.3) is 0 Å². The Hall–Kier alpha value is -2.24. The molecule has 0 fully saturated rings. The minimum Gasteiger partial charge on any atom is -0.497 e. The van der Waals surface area contributed by atoms with Gasteiger partial charge < -0.3 is 14.8 Å². The molecule has 134 valence electrons. The first-order valence-corrected chi connectivity index (χ1v) is 7.49. The van der Waals surface area contributed by atoms with Gasteiger partial charge in [-0.15, -0.1) is 35.0 Å². The molecule has 1 aromatic heterocycles. The predicted octanol–water partition coefficient (Wildman–Crippen LogP) is 4.59. The van der Waals surface area contributed by atoms with Crippen LogP contribution in [0.5, 0.6) is 11.5 Å². The number of fused-ring (bicyclic) bond motifs is 1. The number of aromatic nitrogens is 2. The van der Waals surface area contributed by atoms with Gasteiger partial charge in [-0.1, -0.05) is 0 Å². The number of anilines is 1. The van der Waals surface area contributed by atoms with Crippen LogP contribution < -0.4 is 14.8 Å². The molecule has 1 N–H and O–H groups in total. The standard InChI is InChI=1S/C18H19N3O2.2ClH/c1-4-19-18-16-11-14(23-3)9-10-15(16)17(20-21-18)12-5-7-13(22-2)8-6-12;;/h5-11H,4H2,1-3H3,(H,19,21);2*1H. The molecule has 0 amide bonds. The summed E-state index contributed by atoms with van der Waals surface area (Å²) in [6, 6.07) is 13.7. The molecule has 0 atom stereocenters. The third-order valence-electron chi connectivity index (χ3n) is 3.69. The van der Waals surface area contributed by atoms with Crippen LogP contribution in [-0.4, -0.2) is 31.0 Å². The fraction of sp³-hybridized carbons (Fsp3) is 0.222. The van der Waals surface area contributed by atoms with Gasteiger partial charge in [-0.05, 0) is 49.4 Å². The van der Waals surface area contributed by atoms with E-state index in [0.717, 1.165) is 45.9 Å². The van der Waals surface area contributed by atoms with Crippen LogP contribution in [0.15, 0.2) is 42.5 Å². The maximum atomic E-state index is 5.34. The van der Waals surface area contributed by atoms with Gasteiger partial charge in [0, 0.05) is 22.9 Å². The van der Waals surface area contributed by atoms with Gasteiger partial charge in [-0.3, -0.25) is 0 Å². The van der Waals surface area contributed by atoms with Crippen molar-refractivity contribution in [3.63, 3.8) is 0 Å². The van der Waals surface area contributed by atoms with Gasteiger partial charge in [0.15, 0.2) is 5.82 Å². The minimum atomic E-state index is 0. The van der Waals surface area contributed by atoms with E-state index in [2.05, 4.69) is 15.5 Å². The highest BCUT2D eigenvalue weighted by Crippen LogP contribution is 2.32. The first kappa shape index (κ1) is 20.8. The molecule has 0 aliphatic rings. The highest BCUT2D eigenvalue weighted by atomic mass is 35.5. The average Bonchev–Trinajstić information content (AvgIpc) is 2.62. The monoisotopic (exact) mass is 381 g/mol. The number of nitrogens with zero attached hydrogens (tertiary/aromatic N) is 2. The number of ether oxygens (including phenoxy) is 2. The van der Waals surface area contributed by atoms with Crippen LogP contribution in [0.1, 0.15) is 6.92 Å². The Morgan fingerprint density at radius 3 is 2.08 bits per heavy atom. The van der Waals surface area contributed by atoms with Crippen molar-refractivity contribution in [3.05, 3.63) is 42.5 Å². The van der Waals surface area contributed by atoms with E-state index in [1.165, 1.54) is 0 Å². The topological polar surface area (TPSA) is 56.3 Å². The lowest BCUT2D eigenvalue weighted by molar-refractivity contribution is 0.415. The van der Waals surface area contributed by atoms with E-state index in [-0.39, 0.29) is 24.8 Å². The number of hydrogen-bond donors (Lipinski definition) is 1. The SMILES string of the molecule is CCNc1nnc(-c2ccc(OC)cc2)c2ccc(OC)cc12.Cl.Cl. The van der Waals surface area contributed by atoms with Gasteiger partial charge in [0.2, 0.25) is 0 Å². The van der Waals surface area contributed by atoms with Crippen LogP contribution in [0.4, 0.5) is 5.82 Å².